The monoisotopic (exact) mass is 181 g/mol. The summed E-state index contributed by atoms with van der Waals surface area (Å²) in [5.74, 6) is 1.87. The van der Waals surface area contributed by atoms with Crippen LogP contribution in [0.5, 0.6) is 0 Å². The summed E-state index contributed by atoms with van der Waals surface area (Å²) in [6, 6.07) is 0. The molecule has 2 fully saturated rings. The Balaban J connectivity index is 1.95. The second kappa shape index (κ2) is 3.69. The molecule has 3 unspecified atom stereocenters. The first-order chi connectivity index (χ1) is 6.27. The highest BCUT2D eigenvalue weighted by Crippen LogP contribution is 2.42. The number of hydrogen-bond donors (Lipinski definition) is 1. The molecule has 0 aromatic heterocycles. The molecule has 2 aliphatic rings. The van der Waals surface area contributed by atoms with Gasteiger partial charge in [-0.15, -0.1) is 0 Å². The van der Waals surface area contributed by atoms with Crippen LogP contribution >= 0.6 is 0 Å². The van der Waals surface area contributed by atoms with Crippen LogP contribution in [0.3, 0.4) is 0 Å². The first-order valence-corrected chi connectivity index (χ1v) is 5.56. The Hall–Kier alpha value is -0.530. The van der Waals surface area contributed by atoms with Crippen LogP contribution in [0.2, 0.25) is 0 Å². The number of amides is 1. The van der Waals surface area contributed by atoms with E-state index in [1.807, 2.05) is 0 Å². The van der Waals surface area contributed by atoms with Crippen molar-refractivity contribution in [1.82, 2.24) is 0 Å². The Morgan fingerprint density at radius 3 is 2.38 bits per heavy atom. The molecule has 0 saturated heterocycles. The molecule has 0 aromatic carbocycles. The first kappa shape index (κ1) is 9.04. The molecule has 0 spiro atoms. The number of primary amides is 1. The minimum absolute atomic E-state index is 0.0657. The topological polar surface area (TPSA) is 43.1 Å². The summed E-state index contributed by atoms with van der Waals surface area (Å²) in [4.78, 5) is 11.1. The van der Waals surface area contributed by atoms with Gasteiger partial charge in [0.15, 0.2) is 0 Å². The van der Waals surface area contributed by atoms with Crippen molar-refractivity contribution in [2.45, 2.75) is 44.9 Å². The van der Waals surface area contributed by atoms with Crippen LogP contribution in [-0.4, -0.2) is 5.91 Å². The van der Waals surface area contributed by atoms with Crippen molar-refractivity contribution in [2.75, 3.05) is 0 Å². The van der Waals surface area contributed by atoms with Gasteiger partial charge in [0.2, 0.25) is 5.91 Å². The van der Waals surface area contributed by atoms with E-state index in [1.165, 1.54) is 32.1 Å². The lowest BCUT2D eigenvalue weighted by Crippen LogP contribution is -2.34. The zero-order chi connectivity index (χ0) is 9.26. The van der Waals surface area contributed by atoms with Crippen LogP contribution in [0, 0.1) is 17.8 Å². The van der Waals surface area contributed by atoms with Crippen molar-refractivity contribution in [3.8, 4) is 0 Å². The molecule has 2 aliphatic carbocycles. The summed E-state index contributed by atoms with van der Waals surface area (Å²) < 4.78 is 0. The number of fused-ring (bicyclic) bond motifs is 1. The number of carbonyl (C=O) groups excluding carboxylic acids is 1. The van der Waals surface area contributed by atoms with E-state index in [-0.39, 0.29) is 11.8 Å². The lowest BCUT2D eigenvalue weighted by atomic mass is 9.67. The maximum atomic E-state index is 11.1. The van der Waals surface area contributed by atoms with Gasteiger partial charge in [0.25, 0.3) is 0 Å². The average molecular weight is 181 g/mol. The molecule has 2 saturated carbocycles. The minimum Gasteiger partial charge on any atom is -0.369 e. The largest absolute Gasteiger partial charge is 0.369 e. The molecule has 3 atom stereocenters. The summed E-state index contributed by atoms with van der Waals surface area (Å²) in [5.41, 5.74) is 5.35. The van der Waals surface area contributed by atoms with Gasteiger partial charge in [0.05, 0.1) is 0 Å². The van der Waals surface area contributed by atoms with Crippen LogP contribution in [0.15, 0.2) is 0 Å². The molecule has 2 nitrogen and oxygen atoms in total. The molecule has 0 heterocycles. The fraction of sp³-hybridized carbons (Fsp3) is 0.909. The van der Waals surface area contributed by atoms with Crippen molar-refractivity contribution < 1.29 is 4.79 Å². The average Bonchev–Trinajstić information content (AvgIpc) is 2.17. The molecule has 0 bridgehead atoms. The summed E-state index contributed by atoms with van der Waals surface area (Å²) >= 11 is 0. The predicted molar refractivity (Wildman–Crippen MR) is 52.0 cm³/mol. The molecule has 0 aromatic rings. The van der Waals surface area contributed by atoms with Crippen LogP contribution in [0.1, 0.15) is 44.9 Å². The number of rotatable bonds is 1. The van der Waals surface area contributed by atoms with Crippen molar-refractivity contribution in [2.24, 2.45) is 23.5 Å². The Morgan fingerprint density at radius 2 is 1.69 bits per heavy atom. The van der Waals surface area contributed by atoms with E-state index in [1.54, 1.807) is 0 Å². The van der Waals surface area contributed by atoms with Gasteiger partial charge < -0.3 is 5.73 Å². The van der Waals surface area contributed by atoms with Gasteiger partial charge in [-0.05, 0) is 31.1 Å². The maximum Gasteiger partial charge on any atom is 0.220 e. The van der Waals surface area contributed by atoms with E-state index in [4.69, 9.17) is 5.73 Å². The Morgan fingerprint density at radius 1 is 1.00 bits per heavy atom. The van der Waals surface area contributed by atoms with E-state index >= 15 is 0 Å². The minimum atomic E-state index is -0.0657. The third-order valence-electron chi connectivity index (χ3n) is 3.94. The SMILES string of the molecule is NC(=O)C1CCC2CCCCC2C1. The summed E-state index contributed by atoms with van der Waals surface area (Å²) in [6.07, 6.45) is 8.90. The Kier molecular flexibility index (Phi) is 2.56. The smallest absolute Gasteiger partial charge is 0.220 e. The molecule has 13 heavy (non-hydrogen) atoms. The second-order valence-electron chi connectivity index (χ2n) is 4.72. The van der Waals surface area contributed by atoms with Crippen molar-refractivity contribution in [3.05, 3.63) is 0 Å². The molecule has 1 amide bonds. The first-order valence-electron chi connectivity index (χ1n) is 5.56. The van der Waals surface area contributed by atoms with Crippen LogP contribution < -0.4 is 5.73 Å². The van der Waals surface area contributed by atoms with Gasteiger partial charge in [-0.2, -0.15) is 0 Å². The highest BCUT2D eigenvalue weighted by atomic mass is 16.1. The standard InChI is InChI=1S/C11H19NO/c12-11(13)10-6-5-8-3-1-2-4-9(8)7-10/h8-10H,1-7H2,(H2,12,13). The fourth-order valence-corrected chi connectivity index (χ4v) is 3.13. The van der Waals surface area contributed by atoms with Crippen LogP contribution in [-0.2, 0) is 4.79 Å². The van der Waals surface area contributed by atoms with Gasteiger partial charge in [-0.1, -0.05) is 25.7 Å². The molecule has 2 heteroatoms. The van der Waals surface area contributed by atoms with Gasteiger partial charge in [0.1, 0.15) is 0 Å². The number of hydrogen-bond acceptors (Lipinski definition) is 1. The van der Waals surface area contributed by atoms with E-state index in [0.717, 1.165) is 24.7 Å². The van der Waals surface area contributed by atoms with Gasteiger partial charge in [-0.3, -0.25) is 4.79 Å². The van der Waals surface area contributed by atoms with E-state index < -0.39 is 0 Å². The van der Waals surface area contributed by atoms with Gasteiger partial charge in [0, 0.05) is 5.92 Å². The number of carbonyl (C=O) groups is 1. The lowest BCUT2D eigenvalue weighted by Gasteiger charge is -2.38. The van der Waals surface area contributed by atoms with E-state index in [0.29, 0.717) is 0 Å². The normalized spacial score (nSPS) is 39.5. The zero-order valence-electron chi connectivity index (χ0n) is 8.17. The van der Waals surface area contributed by atoms with Crippen molar-refractivity contribution in [3.63, 3.8) is 0 Å². The molecule has 2 N–H and O–H groups in total. The molecule has 2 rings (SSSR count). The summed E-state index contributed by atoms with van der Waals surface area (Å²) in [5, 5.41) is 0. The van der Waals surface area contributed by atoms with E-state index in [9.17, 15) is 4.79 Å². The molecule has 0 aliphatic heterocycles. The number of nitrogens with two attached hydrogens (primary N) is 1. The second-order valence-corrected chi connectivity index (χ2v) is 4.72. The fourth-order valence-electron chi connectivity index (χ4n) is 3.13. The van der Waals surface area contributed by atoms with Crippen molar-refractivity contribution >= 4 is 5.91 Å². The highest BCUT2D eigenvalue weighted by Gasteiger charge is 2.33. The molecular formula is C11H19NO. The third-order valence-corrected chi connectivity index (χ3v) is 3.94. The molecular weight excluding hydrogens is 162 g/mol. The highest BCUT2D eigenvalue weighted by molar-refractivity contribution is 5.76. The maximum absolute atomic E-state index is 11.1. The molecule has 0 radical (unpaired) electrons. The summed E-state index contributed by atoms with van der Waals surface area (Å²) in [7, 11) is 0. The summed E-state index contributed by atoms with van der Waals surface area (Å²) in [6.45, 7) is 0. The predicted octanol–water partition coefficient (Wildman–Crippen LogP) is 2.08. The molecule has 74 valence electrons. The Labute approximate surface area is 79.9 Å². The Bertz CT molecular complexity index is 202. The van der Waals surface area contributed by atoms with Crippen molar-refractivity contribution in [1.29, 1.82) is 0 Å². The van der Waals surface area contributed by atoms with Gasteiger partial charge in [-0.25, -0.2) is 0 Å². The van der Waals surface area contributed by atoms with Crippen LogP contribution in [0.25, 0.3) is 0 Å². The zero-order valence-corrected chi connectivity index (χ0v) is 8.17. The lowest BCUT2D eigenvalue weighted by molar-refractivity contribution is -0.123. The van der Waals surface area contributed by atoms with Gasteiger partial charge >= 0.3 is 0 Å². The van der Waals surface area contributed by atoms with E-state index in [2.05, 4.69) is 0 Å². The quantitative estimate of drug-likeness (QED) is 0.661. The third kappa shape index (κ3) is 1.87. The van der Waals surface area contributed by atoms with Crippen LogP contribution in [0.4, 0.5) is 0 Å².